The van der Waals surface area contributed by atoms with Gasteiger partial charge in [0.1, 0.15) is 5.69 Å². The van der Waals surface area contributed by atoms with Gasteiger partial charge in [0.25, 0.3) is 0 Å². The van der Waals surface area contributed by atoms with Gasteiger partial charge in [0.05, 0.1) is 0 Å². The van der Waals surface area contributed by atoms with Crippen LogP contribution in [0.3, 0.4) is 0 Å². The lowest BCUT2D eigenvalue weighted by molar-refractivity contribution is 0.0690. The van der Waals surface area contributed by atoms with Gasteiger partial charge < -0.3 is 10.1 Å². The highest BCUT2D eigenvalue weighted by Crippen LogP contribution is 2.15. The molecule has 1 aromatic rings. The fourth-order valence-corrected chi connectivity index (χ4v) is 1.16. The zero-order valence-electron chi connectivity index (χ0n) is 6.84. The molecule has 1 heterocycles. The number of hydrogen-bond donors (Lipinski definition) is 2. The molecule has 0 aliphatic rings. The Hall–Kier alpha value is -1.58. The van der Waals surface area contributed by atoms with Crippen molar-refractivity contribution in [2.45, 2.75) is 13.8 Å². The third kappa shape index (κ3) is 1.11. The van der Waals surface area contributed by atoms with Crippen LogP contribution in [0.5, 0.6) is 0 Å². The average molecular weight is 167 g/mol. The Morgan fingerprint density at radius 2 is 2.08 bits per heavy atom. The van der Waals surface area contributed by atoms with E-state index in [1.54, 1.807) is 13.8 Å². The molecule has 0 unspecified atom stereocenters. The zero-order valence-corrected chi connectivity index (χ0v) is 6.84. The normalized spacial score (nSPS) is 9.83. The number of carboxylic acids is 1. The lowest BCUT2D eigenvalue weighted by Crippen LogP contribution is -1.98. The van der Waals surface area contributed by atoms with Crippen LogP contribution in [-0.2, 0) is 0 Å². The van der Waals surface area contributed by atoms with Gasteiger partial charge in [0.15, 0.2) is 6.29 Å². The first-order valence-electron chi connectivity index (χ1n) is 3.45. The molecule has 0 bridgehead atoms. The summed E-state index contributed by atoms with van der Waals surface area (Å²) in [6, 6.07) is 0. The molecule has 0 saturated carbocycles. The molecule has 0 aliphatic heterocycles. The summed E-state index contributed by atoms with van der Waals surface area (Å²) in [5.74, 6) is -1.04. The van der Waals surface area contributed by atoms with Crippen LogP contribution in [0.15, 0.2) is 0 Å². The minimum absolute atomic E-state index is 0.0922. The van der Waals surface area contributed by atoms with Gasteiger partial charge in [0.2, 0.25) is 0 Å². The van der Waals surface area contributed by atoms with Crippen molar-refractivity contribution in [1.82, 2.24) is 4.98 Å². The number of H-pyrrole nitrogens is 1. The number of aromatic carboxylic acids is 1. The lowest BCUT2D eigenvalue weighted by atomic mass is 10.1. The molecule has 4 nitrogen and oxygen atoms in total. The second-order valence-electron chi connectivity index (χ2n) is 2.59. The van der Waals surface area contributed by atoms with Crippen LogP contribution in [0.2, 0.25) is 0 Å². The average Bonchev–Trinajstić information content (AvgIpc) is 2.27. The molecule has 2 N–H and O–H groups in total. The number of aromatic nitrogens is 1. The Labute approximate surface area is 69.2 Å². The summed E-state index contributed by atoms with van der Waals surface area (Å²) in [4.78, 5) is 23.7. The molecule has 0 aromatic carbocycles. The Morgan fingerprint density at radius 1 is 1.50 bits per heavy atom. The van der Waals surface area contributed by atoms with E-state index in [1.165, 1.54) is 0 Å². The topological polar surface area (TPSA) is 70.2 Å². The summed E-state index contributed by atoms with van der Waals surface area (Å²) >= 11 is 0. The van der Waals surface area contributed by atoms with E-state index in [1.807, 2.05) is 0 Å². The zero-order chi connectivity index (χ0) is 9.30. The number of aromatic amines is 1. The van der Waals surface area contributed by atoms with Crippen molar-refractivity contribution in [2.24, 2.45) is 0 Å². The first-order chi connectivity index (χ1) is 5.57. The fraction of sp³-hybridized carbons (Fsp3) is 0.250. The maximum atomic E-state index is 10.6. The molecule has 0 fully saturated rings. The number of nitrogens with one attached hydrogen (secondary N) is 1. The number of hydrogen-bond acceptors (Lipinski definition) is 2. The molecular formula is C8H9NO3. The Bertz CT molecular complexity index is 338. The SMILES string of the molecule is Cc1[nH]c(C(=O)O)c(C)c1C=O. The molecule has 12 heavy (non-hydrogen) atoms. The lowest BCUT2D eigenvalue weighted by Gasteiger charge is -1.89. The summed E-state index contributed by atoms with van der Waals surface area (Å²) in [5, 5.41) is 8.65. The van der Waals surface area contributed by atoms with Crippen LogP contribution < -0.4 is 0 Å². The first kappa shape index (κ1) is 8.52. The van der Waals surface area contributed by atoms with E-state index in [0.29, 0.717) is 23.1 Å². The minimum Gasteiger partial charge on any atom is -0.477 e. The molecule has 1 rings (SSSR count). The second kappa shape index (κ2) is 2.81. The number of aldehydes is 1. The van der Waals surface area contributed by atoms with Gasteiger partial charge >= 0.3 is 5.97 Å². The van der Waals surface area contributed by atoms with E-state index in [4.69, 9.17) is 5.11 Å². The van der Waals surface area contributed by atoms with Crippen molar-refractivity contribution in [2.75, 3.05) is 0 Å². The molecule has 0 spiro atoms. The molecule has 0 radical (unpaired) electrons. The number of aryl methyl sites for hydroxylation is 1. The molecule has 4 heteroatoms. The van der Waals surface area contributed by atoms with E-state index in [0.717, 1.165) is 0 Å². The number of carbonyl (C=O) groups is 2. The largest absolute Gasteiger partial charge is 0.477 e. The van der Waals surface area contributed by atoms with Gasteiger partial charge in [0, 0.05) is 11.3 Å². The van der Waals surface area contributed by atoms with Crippen molar-refractivity contribution in [3.8, 4) is 0 Å². The standard InChI is InChI=1S/C8H9NO3/c1-4-6(3-10)5(2)9-7(4)8(11)12/h3,9H,1-2H3,(H,11,12). The Morgan fingerprint density at radius 3 is 2.33 bits per heavy atom. The summed E-state index contributed by atoms with van der Waals surface area (Å²) in [6.45, 7) is 3.28. The van der Waals surface area contributed by atoms with Crippen LogP contribution in [0.1, 0.15) is 32.1 Å². The summed E-state index contributed by atoms with van der Waals surface area (Å²) in [7, 11) is 0. The van der Waals surface area contributed by atoms with E-state index < -0.39 is 5.97 Å². The summed E-state index contributed by atoms with van der Waals surface area (Å²) in [5.41, 5.74) is 1.62. The first-order valence-corrected chi connectivity index (χ1v) is 3.45. The fourth-order valence-electron chi connectivity index (χ4n) is 1.16. The van der Waals surface area contributed by atoms with Gasteiger partial charge in [-0.3, -0.25) is 4.79 Å². The van der Waals surface area contributed by atoms with Gasteiger partial charge in [-0.2, -0.15) is 0 Å². The summed E-state index contributed by atoms with van der Waals surface area (Å²) in [6.07, 6.45) is 0.660. The highest BCUT2D eigenvalue weighted by atomic mass is 16.4. The number of carboxylic acid groups (broad SMARTS) is 1. The van der Waals surface area contributed by atoms with E-state index >= 15 is 0 Å². The molecule has 1 aromatic heterocycles. The maximum absolute atomic E-state index is 10.6. The highest BCUT2D eigenvalue weighted by molar-refractivity contribution is 5.92. The predicted octanol–water partition coefficient (Wildman–Crippen LogP) is 1.14. The van der Waals surface area contributed by atoms with Crippen molar-refractivity contribution < 1.29 is 14.7 Å². The van der Waals surface area contributed by atoms with Crippen molar-refractivity contribution in [3.05, 3.63) is 22.5 Å². The van der Waals surface area contributed by atoms with E-state index in [2.05, 4.69) is 4.98 Å². The van der Waals surface area contributed by atoms with Crippen LogP contribution in [0.4, 0.5) is 0 Å². The van der Waals surface area contributed by atoms with Crippen LogP contribution in [0.25, 0.3) is 0 Å². The molecule has 0 atom stereocenters. The maximum Gasteiger partial charge on any atom is 0.352 e. The van der Waals surface area contributed by atoms with Crippen LogP contribution in [-0.4, -0.2) is 22.3 Å². The third-order valence-corrected chi connectivity index (χ3v) is 1.83. The van der Waals surface area contributed by atoms with E-state index in [-0.39, 0.29) is 5.69 Å². The minimum atomic E-state index is -1.04. The van der Waals surface area contributed by atoms with Crippen molar-refractivity contribution >= 4 is 12.3 Å². The van der Waals surface area contributed by atoms with Gasteiger partial charge in [-0.1, -0.05) is 0 Å². The Balaban J connectivity index is 3.35. The third-order valence-electron chi connectivity index (χ3n) is 1.83. The van der Waals surface area contributed by atoms with Crippen LogP contribution >= 0.6 is 0 Å². The van der Waals surface area contributed by atoms with Crippen molar-refractivity contribution in [1.29, 1.82) is 0 Å². The van der Waals surface area contributed by atoms with E-state index in [9.17, 15) is 9.59 Å². The van der Waals surface area contributed by atoms with Gasteiger partial charge in [-0.05, 0) is 19.4 Å². The van der Waals surface area contributed by atoms with Crippen LogP contribution in [0, 0.1) is 13.8 Å². The molecular weight excluding hydrogens is 158 g/mol. The van der Waals surface area contributed by atoms with Gasteiger partial charge in [-0.25, -0.2) is 4.79 Å². The number of carbonyl (C=O) groups excluding carboxylic acids is 1. The smallest absolute Gasteiger partial charge is 0.352 e. The predicted molar refractivity (Wildman–Crippen MR) is 42.6 cm³/mol. The summed E-state index contributed by atoms with van der Waals surface area (Å²) < 4.78 is 0. The monoisotopic (exact) mass is 167 g/mol. The van der Waals surface area contributed by atoms with Crippen molar-refractivity contribution in [3.63, 3.8) is 0 Å². The molecule has 0 aliphatic carbocycles. The van der Waals surface area contributed by atoms with Gasteiger partial charge in [-0.15, -0.1) is 0 Å². The second-order valence-corrected chi connectivity index (χ2v) is 2.59. The quantitative estimate of drug-likeness (QED) is 0.649. The highest BCUT2D eigenvalue weighted by Gasteiger charge is 2.15. The molecule has 0 amide bonds. The number of rotatable bonds is 2. The Kier molecular flexibility index (Phi) is 1.99. The molecule has 64 valence electrons. The molecule has 0 saturated heterocycles.